The summed E-state index contributed by atoms with van der Waals surface area (Å²) >= 11 is 0. The highest BCUT2D eigenvalue weighted by Crippen LogP contribution is 2.31. The van der Waals surface area contributed by atoms with Crippen LogP contribution in [0.1, 0.15) is 25.1 Å². The first kappa shape index (κ1) is 24.3. The van der Waals surface area contributed by atoms with E-state index in [1.807, 2.05) is 58.9 Å². The monoisotopic (exact) mass is 451 g/mol. The average molecular weight is 452 g/mol. The summed E-state index contributed by atoms with van der Waals surface area (Å²) in [5, 5.41) is 6.40. The van der Waals surface area contributed by atoms with E-state index in [1.165, 1.54) is 0 Å². The lowest BCUT2D eigenvalue weighted by Gasteiger charge is -2.32. The zero-order valence-corrected chi connectivity index (χ0v) is 20.2. The molecule has 0 unspecified atom stereocenters. The minimum Gasteiger partial charge on any atom is -0.423 e. The Kier molecular flexibility index (Phi) is 7.78. The van der Waals surface area contributed by atoms with Crippen molar-refractivity contribution < 1.29 is 9.21 Å². The van der Waals surface area contributed by atoms with Crippen molar-refractivity contribution in [3.8, 4) is 11.3 Å². The van der Waals surface area contributed by atoms with Crippen LogP contribution in [0.15, 0.2) is 41.1 Å². The Bertz CT molecular complexity index is 1080. The Balaban J connectivity index is 1.97. The minimum absolute atomic E-state index is 0.409. The molecule has 2 aromatic heterocycles. The van der Waals surface area contributed by atoms with Crippen molar-refractivity contribution in [3.05, 3.63) is 47.9 Å². The van der Waals surface area contributed by atoms with E-state index in [1.54, 1.807) is 12.4 Å². The van der Waals surface area contributed by atoms with E-state index in [2.05, 4.69) is 42.6 Å². The van der Waals surface area contributed by atoms with Gasteiger partial charge in [-0.25, -0.2) is 15.0 Å². The zero-order valence-electron chi connectivity index (χ0n) is 20.2. The van der Waals surface area contributed by atoms with Crippen molar-refractivity contribution in [3.63, 3.8) is 0 Å². The first-order chi connectivity index (χ1) is 15.7. The number of aryl methyl sites for hydroxylation is 1. The fourth-order valence-corrected chi connectivity index (χ4v) is 3.44. The number of anilines is 3. The molecule has 0 aliphatic carbocycles. The van der Waals surface area contributed by atoms with Gasteiger partial charge in [0.1, 0.15) is 6.29 Å². The Labute approximate surface area is 195 Å². The molecular weight excluding hydrogens is 418 g/mol. The third kappa shape index (κ3) is 6.36. The van der Waals surface area contributed by atoms with Gasteiger partial charge >= 0.3 is 0 Å². The number of carbonyl (C=O) groups excluding carboxylic acids is 1. The summed E-state index contributed by atoms with van der Waals surface area (Å²) in [7, 11) is 5.92. The second-order valence-electron chi connectivity index (χ2n) is 8.84. The van der Waals surface area contributed by atoms with Crippen molar-refractivity contribution in [2.24, 2.45) is 0 Å². The lowest BCUT2D eigenvalue weighted by atomic mass is 10.1. The molecule has 0 saturated carbocycles. The number of hydrogen-bond acceptors (Lipinski definition) is 9. The van der Waals surface area contributed by atoms with E-state index in [9.17, 15) is 4.79 Å². The van der Waals surface area contributed by atoms with Gasteiger partial charge in [-0.1, -0.05) is 0 Å². The van der Waals surface area contributed by atoms with Crippen LogP contribution in [-0.2, 0) is 11.3 Å². The number of aromatic nitrogens is 3. The summed E-state index contributed by atoms with van der Waals surface area (Å²) in [5.41, 5.74) is 2.97. The van der Waals surface area contributed by atoms with Crippen LogP contribution < -0.4 is 15.5 Å². The van der Waals surface area contributed by atoms with Gasteiger partial charge in [-0.15, -0.1) is 0 Å². The molecule has 0 saturated heterocycles. The molecule has 33 heavy (non-hydrogen) atoms. The summed E-state index contributed by atoms with van der Waals surface area (Å²) in [6, 6.07) is 8.40. The number of likely N-dealkylation sites (N-methyl/N-ethyl adjacent to an activating group) is 1. The summed E-state index contributed by atoms with van der Waals surface area (Å²) in [6.45, 7) is 7.66. The second-order valence-corrected chi connectivity index (χ2v) is 8.84. The fourth-order valence-electron chi connectivity index (χ4n) is 3.44. The van der Waals surface area contributed by atoms with Gasteiger partial charge < -0.3 is 29.6 Å². The van der Waals surface area contributed by atoms with E-state index in [4.69, 9.17) is 4.42 Å². The van der Waals surface area contributed by atoms with Gasteiger partial charge in [-0.05, 0) is 71.7 Å². The molecule has 0 spiro atoms. The molecule has 0 bridgehead atoms. The summed E-state index contributed by atoms with van der Waals surface area (Å²) in [5.74, 6) is 1.15. The normalized spacial score (nSPS) is 11.6. The molecule has 0 amide bonds. The number of hydrogen-bond donors (Lipinski definition) is 2. The van der Waals surface area contributed by atoms with Crippen molar-refractivity contribution in [2.45, 2.75) is 32.9 Å². The Morgan fingerprint density at radius 3 is 2.64 bits per heavy atom. The zero-order chi connectivity index (χ0) is 24.0. The number of nitrogens with zero attached hydrogens (tertiary/aromatic N) is 5. The molecule has 176 valence electrons. The molecular formula is C24H33N7O2. The van der Waals surface area contributed by atoms with Crippen LogP contribution in [-0.4, -0.2) is 65.9 Å². The van der Waals surface area contributed by atoms with Crippen LogP contribution >= 0.6 is 0 Å². The van der Waals surface area contributed by atoms with Crippen LogP contribution in [0.3, 0.4) is 0 Å². The van der Waals surface area contributed by atoms with E-state index >= 15 is 0 Å². The number of benzene rings is 1. The van der Waals surface area contributed by atoms with Gasteiger partial charge in [0.25, 0.3) is 6.01 Å². The van der Waals surface area contributed by atoms with Crippen LogP contribution in [0, 0.1) is 6.92 Å². The molecule has 0 aliphatic rings. The first-order valence-corrected chi connectivity index (χ1v) is 10.9. The Hall–Kier alpha value is -3.30. The predicted molar refractivity (Wildman–Crippen MR) is 131 cm³/mol. The molecule has 0 atom stereocenters. The largest absolute Gasteiger partial charge is 0.423 e. The van der Waals surface area contributed by atoms with Crippen molar-refractivity contribution in [2.75, 3.05) is 44.4 Å². The molecule has 0 fully saturated rings. The van der Waals surface area contributed by atoms with E-state index in [-0.39, 0.29) is 0 Å². The highest BCUT2D eigenvalue weighted by Gasteiger charge is 2.29. The lowest BCUT2D eigenvalue weighted by molar-refractivity contribution is -0.111. The standard InChI is InChI=1S/C24H33N7O2/c1-17-7-8-26-22(28-17)29-20-12-18(15-30(5)6)11-19(13-20)21-14-27-23(33-21)31(10-9-25-4)24(2,3)16-32/h7-8,11-14,16,25H,9-10,15H2,1-6H3,(H,26,28,29). The van der Waals surface area contributed by atoms with Gasteiger partial charge in [-0.3, -0.25) is 0 Å². The Morgan fingerprint density at radius 2 is 1.97 bits per heavy atom. The molecule has 2 N–H and O–H groups in total. The molecule has 9 heteroatoms. The lowest BCUT2D eigenvalue weighted by Crippen LogP contribution is -2.48. The highest BCUT2D eigenvalue weighted by molar-refractivity contribution is 5.70. The van der Waals surface area contributed by atoms with Gasteiger partial charge in [0.05, 0.1) is 11.7 Å². The maximum atomic E-state index is 11.7. The van der Waals surface area contributed by atoms with E-state index < -0.39 is 5.54 Å². The van der Waals surface area contributed by atoms with Crippen LogP contribution in [0.5, 0.6) is 0 Å². The number of oxazole rings is 1. The highest BCUT2D eigenvalue weighted by atomic mass is 16.4. The molecule has 0 radical (unpaired) electrons. The number of rotatable bonds is 11. The second kappa shape index (κ2) is 10.5. The minimum atomic E-state index is -0.749. The van der Waals surface area contributed by atoms with Crippen molar-refractivity contribution >= 4 is 23.9 Å². The third-order valence-corrected chi connectivity index (χ3v) is 5.12. The molecule has 9 nitrogen and oxygen atoms in total. The number of carbonyl (C=O) groups is 1. The number of nitrogens with one attached hydrogen (secondary N) is 2. The Morgan fingerprint density at radius 1 is 1.18 bits per heavy atom. The van der Waals surface area contributed by atoms with Crippen molar-refractivity contribution in [1.82, 2.24) is 25.2 Å². The molecule has 2 heterocycles. The molecule has 0 aliphatic heterocycles. The van der Waals surface area contributed by atoms with Crippen LogP contribution in [0.2, 0.25) is 0 Å². The predicted octanol–water partition coefficient (Wildman–Crippen LogP) is 3.25. The van der Waals surface area contributed by atoms with E-state index in [0.717, 1.165) is 35.3 Å². The number of aldehydes is 1. The van der Waals surface area contributed by atoms with Crippen LogP contribution in [0.4, 0.5) is 17.7 Å². The summed E-state index contributed by atoms with van der Waals surface area (Å²) in [4.78, 5) is 28.9. The van der Waals surface area contributed by atoms with Gasteiger partial charge in [0, 0.05) is 42.8 Å². The summed E-state index contributed by atoms with van der Waals surface area (Å²) < 4.78 is 6.16. The maximum Gasteiger partial charge on any atom is 0.298 e. The van der Waals surface area contributed by atoms with Gasteiger partial charge in [0.2, 0.25) is 5.95 Å². The van der Waals surface area contributed by atoms with Gasteiger partial charge in [-0.2, -0.15) is 0 Å². The maximum absolute atomic E-state index is 11.7. The van der Waals surface area contributed by atoms with E-state index in [0.29, 0.717) is 30.8 Å². The summed E-state index contributed by atoms with van der Waals surface area (Å²) in [6.07, 6.45) is 4.34. The van der Waals surface area contributed by atoms with Gasteiger partial charge in [0.15, 0.2) is 5.76 Å². The molecule has 1 aromatic carbocycles. The smallest absolute Gasteiger partial charge is 0.298 e. The van der Waals surface area contributed by atoms with Crippen LogP contribution in [0.25, 0.3) is 11.3 Å². The fraction of sp³-hybridized carbons (Fsp3) is 0.417. The van der Waals surface area contributed by atoms with Crippen molar-refractivity contribution in [1.29, 1.82) is 0 Å². The quantitative estimate of drug-likeness (QED) is 0.426. The first-order valence-electron chi connectivity index (χ1n) is 10.9. The topological polar surface area (TPSA) is 99.4 Å². The average Bonchev–Trinajstić information content (AvgIpc) is 3.23. The third-order valence-electron chi connectivity index (χ3n) is 5.12. The SMILES string of the molecule is CNCCN(c1ncc(-c2cc(CN(C)C)cc(Nc3nccc(C)n3)c2)o1)C(C)(C)C=O. The molecule has 3 rings (SSSR count). The molecule has 3 aromatic rings.